The average Bonchev–Trinajstić information content (AvgIpc) is 2.48. The van der Waals surface area contributed by atoms with Crippen molar-refractivity contribution in [3.05, 3.63) is 15.9 Å². The van der Waals surface area contributed by atoms with Gasteiger partial charge in [0, 0.05) is 12.3 Å². The van der Waals surface area contributed by atoms with Gasteiger partial charge in [0.05, 0.1) is 5.56 Å². The lowest BCUT2D eigenvalue weighted by Gasteiger charge is -2.25. The van der Waals surface area contributed by atoms with Gasteiger partial charge in [0.2, 0.25) is 5.88 Å². The molecule has 1 aliphatic heterocycles. The van der Waals surface area contributed by atoms with Crippen molar-refractivity contribution < 1.29 is 5.11 Å². The van der Waals surface area contributed by atoms with E-state index >= 15 is 0 Å². The van der Waals surface area contributed by atoms with E-state index in [4.69, 9.17) is 0 Å². The number of rotatable bonds is 7. The average molecular weight is 362 g/mol. The fourth-order valence-corrected chi connectivity index (χ4v) is 3.85. The zero-order chi connectivity index (χ0) is 15.9. The molecule has 0 amide bonds. The van der Waals surface area contributed by atoms with Gasteiger partial charge in [0.15, 0.2) is 5.16 Å². The van der Waals surface area contributed by atoms with Crippen LogP contribution in [0.1, 0.15) is 57.4 Å². The Morgan fingerprint density at radius 1 is 1.35 bits per heavy atom. The fraction of sp³-hybridized carbons (Fsp3) is 0.750. The lowest BCUT2D eigenvalue weighted by molar-refractivity contribution is 0.242. The first-order valence-corrected chi connectivity index (χ1v) is 9.28. The van der Waals surface area contributed by atoms with Crippen LogP contribution in [0, 0.1) is 0 Å². The van der Waals surface area contributed by atoms with E-state index in [-0.39, 0.29) is 29.8 Å². The van der Waals surface area contributed by atoms with Crippen molar-refractivity contribution in [1.82, 2.24) is 14.9 Å². The fourth-order valence-electron chi connectivity index (χ4n) is 2.99. The summed E-state index contributed by atoms with van der Waals surface area (Å²) in [5, 5.41) is 10.6. The van der Waals surface area contributed by atoms with Crippen molar-refractivity contribution in [3.63, 3.8) is 0 Å². The second-order valence-corrected chi connectivity index (χ2v) is 7.13. The molecule has 1 saturated heterocycles. The first kappa shape index (κ1) is 20.3. The van der Waals surface area contributed by atoms with Crippen LogP contribution in [0.15, 0.2) is 9.95 Å². The van der Waals surface area contributed by atoms with Gasteiger partial charge in [-0.3, -0.25) is 4.79 Å². The summed E-state index contributed by atoms with van der Waals surface area (Å²) >= 11 is 1.51. The monoisotopic (exact) mass is 361 g/mol. The molecule has 2 N–H and O–H groups in total. The van der Waals surface area contributed by atoms with Crippen molar-refractivity contribution in [2.24, 2.45) is 0 Å². The van der Waals surface area contributed by atoms with E-state index in [9.17, 15) is 9.90 Å². The molecule has 0 radical (unpaired) electrons. The standard InChI is InChI=1S/C16H27N3O2S.ClH/c1-3-7-12(2)13-14(20)17-16(18-15(13)21)22-11-10-19-8-5-4-6-9-19;/h12H,3-11H2,1-2H3,(H2,17,18,20,21);1H. The maximum absolute atomic E-state index is 12.2. The van der Waals surface area contributed by atoms with E-state index in [1.54, 1.807) is 0 Å². The van der Waals surface area contributed by atoms with Crippen LogP contribution < -0.4 is 5.56 Å². The lowest BCUT2D eigenvalue weighted by Crippen LogP contribution is -2.31. The normalized spacial score (nSPS) is 16.8. The van der Waals surface area contributed by atoms with Gasteiger partial charge in [-0.2, -0.15) is 4.98 Å². The molecule has 0 spiro atoms. The smallest absolute Gasteiger partial charge is 0.258 e. The SMILES string of the molecule is CCCC(C)c1c(O)nc(SCCN2CCCCC2)[nH]c1=O.Cl. The van der Waals surface area contributed by atoms with Crippen molar-refractivity contribution >= 4 is 24.2 Å². The highest BCUT2D eigenvalue weighted by Crippen LogP contribution is 2.25. The molecule has 1 aliphatic rings. The van der Waals surface area contributed by atoms with Crippen LogP contribution >= 0.6 is 24.2 Å². The number of halogens is 1. The second kappa shape index (κ2) is 10.2. The van der Waals surface area contributed by atoms with Crippen LogP contribution in [-0.4, -0.2) is 45.4 Å². The van der Waals surface area contributed by atoms with E-state index in [1.807, 2.05) is 6.92 Å². The highest BCUT2D eigenvalue weighted by molar-refractivity contribution is 7.99. The molecule has 23 heavy (non-hydrogen) atoms. The summed E-state index contributed by atoms with van der Waals surface area (Å²) in [7, 11) is 0. The summed E-state index contributed by atoms with van der Waals surface area (Å²) < 4.78 is 0. The second-order valence-electron chi connectivity index (χ2n) is 6.05. The minimum Gasteiger partial charge on any atom is -0.493 e. The van der Waals surface area contributed by atoms with E-state index in [1.165, 1.54) is 44.1 Å². The molecule has 7 heteroatoms. The van der Waals surface area contributed by atoms with E-state index in [0.29, 0.717) is 10.7 Å². The van der Waals surface area contributed by atoms with Crippen LogP contribution in [0.5, 0.6) is 5.88 Å². The van der Waals surface area contributed by atoms with Crippen molar-refractivity contribution in [2.75, 3.05) is 25.4 Å². The van der Waals surface area contributed by atoms with Gasteiger partial charge < -0.3 is 15.0 Å². The molecule has 1 unspecified atom stereocenters. The Hall–Kier alpha value is -0.720. The zero-order valence-corrected chi connectivity index (χ0v) is 15.6. The molecule has 5 nitrogen and oxygen atoms in total. The Kier molecular flexibility index (Phi) is 9.02. The van der Waals surface area contributed by atoms with Gasteiger partial charge >= 0.3 is 0 Å². The van der Waals surface area contributed by atoms with Crippen LogP contribution in [-0.2, 0) is 0 Å². The minimum absolute atomic E-state index is 0. The van der Waals surface area contributed by atoms with E-state index in [2.05, 4.69) is 21.8 Å². The Morgan fingerprint density at radius 3 is 2.65 bits per heavy atom. The summed E-state index contributed by atoms with van der Waals surface area (Å²) in [5.74, 6) is 0.811. The number of nitrogens with zero attached hydrogens (tertiary/aromatic N) is 2. The number of hydrogen-bond acceptors (Lipinski definition) is 5. The summed E-state index contributed by atoms with van der Waals surface area (Å²) in [6.07, 6.45) is 5.76. The predicted octanol–water partition coefficient (Wildman–Crippen LogP) is 3.38. The molecule has 1 fully saturated rings. The van der Waals surface area contributed by atoms with Gasteiger partial charge in [-0.25, -0.2) is 0 Å². The van der Waals surface area contributed by atoms with Gasteiger partial charge in [0.1, 0.15) is 0 Å². The Labute approximate surface area is 148 Å². The van der Waals surface area contributed by atoms with Crippen LogP contribution in [0.3, 0.4) is 0 Å². The summed E-state index contributed by atoms with van der Waals surface area (Å²) in [4.78, 5) is 21.6. The van der Waals surface area contributed by atoms with Crippen LogP contribution in [0.2, 0.25) is 0 Å². The highest BCUT2D eigenvalue weighted by Gasteiger charge is 2.17. The lowest BCUT2D eigenvalue weighted by atomic mass is 9.99. The van der Waals surface area contributed by atoms with Gasteiger partial charge in [0.25, 0.3) is 5.56 Å². The molecular weight excluding hydrogens is 334 g/mol. The molecule has 0 aromatic carbocycles. The number of thioether (sulfide) groups is 1. The third-order valence-corrected chi connectivity index (χ3v) is 5.08. The molecule has 2 rings (SSSR count). The molecule has 0 aliphatic carbocycles. The quantitative estimate of drug-likeness (QED) is 0.575. The number of nitrogens with one attached hydrogen (secondary N) is 1. The molecular formula is C16H28ClN3O2S. The number of aromatic hydroxyl groups is 1. The maximum atomic E-state index is 12.2. The Bertz CT molecular complexity index is 533. The Morgan fingerprint density at radius 2 is 2.04 bits per heavy atom. The first-order valence-electron chi connectivity index (χ1n) is 8.30. The molecule has 1 atom stereocenters. The third kappa shape index (κ3) is 6.01. The first-order chi connectivity index (χ1) is 10.6. The summed E-state index contributed by atoms with van der Waals surface area (Å²) in [6.45, 7) is 7.37. The van der Waals surface area contributed by atoms with E-state index < -0.39 is 0 Å². The number of hydrogen-bond donors (Lipinski definition) is 2. The molecule has 0 saturated carbocycles. The third-order valence-electron chi connectivity index (χ3n) is 4.22. The van der Waals surface area contributed by atoms with Gasteiger partial charge in [-0.1, -0.05) is 38.5 Å². The number of aromatic amines is 1. The van der Waals surface area contributed by atoms with Crippen molar-refractivity contribution in [2.45, 2.75) is 57.0 Å². The number of piperidine rings is 1. The molecule has 132 valence electrons. The van der Waals surface area contributed by atoms with Gasteiger partial charge in [-0.15, -0.1) is 12.4 Å². The topological polar surface area (TPSA) is 69.2 Å². The largest absolute Gasteiger partial charge is 0.493 e. The summed E-state index contributed by atoms with van der Waals surface area (Å²) in [5.41, 5.74) is 0.219. The van der Waals surface area contributed by atoms with Crippen LogP contribution in [0.4, 0.5) is 0 Å². The number of H-pyrrole nitrogens is 1. The molecule has 1 aromatic heterocycles. The van der Waals surface area contributed by atoms with Crippen molar-refractivity contribution in [3.8, 4) is 5.88 Å². The Balaban J connectivity index is 0.00000264. The number of aromatic nitrogens is 2. The minimum atomic E-state index is -0.200. The van der Waals surface area contributed by atoms with Gasteiger partial charge in [-0.05, 0) is 38.3 Å². The molecule has 0 bridgehead atoms. The maximum Gasteiger partial charge on any atom is 0.258 e. The summed E-state index contributed by atoms with van der Waals surface area (Å²) in [6, 6.07) is 0. The predicted molar refractivity (Wildman–Crippen MR) is 98.1 cm³/mol. The highest BCUT2D eigenvalue weighted by atomic mass is 35.5. The number of likely N-dealkylation sites (tertiary alicyclic amines) is 1. The van der Waals surface area contributed by atoms with Crippen molar-refractivity contribution in [1.29, 1.82) is 0 Å². The van der Waals surface area contributed by atoms with E-state index in [0.717, 1.165) is 25.1 Å². The zero-order valence-electron chi connectivity index (χ0n) is 14.0. The molecule has 1 aromatic rings. The van der Waals surface area contributed by atoms with Crippen LogP contribution in [0.25, 0.3) is 0 Å². The molecule has 2 heterocycles.